The van der Waals surface area contributed by atoms with Crippen molar-refractivity contribution >= 4 is 0 Å². The smallest absolute Gasteiger partial charge is 0.0977 e. The third kappa shape index (κ3) is 2.86. The summed E-state index contributed by atoms with van der Waals surface area (Å²) < 4.78 is 5.69. The lowest BCUT2D eigenvalue weighted by atomic mass is 9.74. The molecule has 4 rings (SSSR count). The predicted octanol–water partition coefficient (Wildman–Crippen LogP) is 4.62. The van der Waals surface area contributed by atoms with Crippen molar-refractivity contribution in [3.8, 4) is 0 Å². The van der Waals surface area contributed by atoms with Gasteiger partial charge in [-0.1, -0.05) is 84.9 Å². The number of benzene rings is 3. The van der Waals surface area contributed by atoms with Crippen LogP contribution >= 0.6 is 0 Å². The van der Waals surface area contributed by atoms with E-state index in [9.17, 15) is 0 Å². The van der Waals surface area contributed by atoms with Crippen LogP contribution in [0.5, 0.6) is 0 Å². The summed E-state index contributed by atoms with van der Waals surface area (Å²) in [7, 11) is 0. The van der Waals surface area contributed by atoms with Crippen molar-refractivity contribution in [3.63, 3.8) is 0 Å². The topological polar surface area (TPSA) is 12.5 Å². The number of morpholine rings is 1. The molecule has 0 unspecified atom stereocenters. The fourth-order valence-corrected chi connectivity index (χ4v) is 4.25. The van der Waals surface area contributed by atoms with E-state index in [4.69, 9.17) is 4.74 Å². The number of hydrogen-bond donors (Lipinski definition) is 0. The normalized spacial score (nSPS) is 15.7. The molecule has 0 spiro atoms. The molecule has 0 aromatic heterocycles. The molecule has 0 bridgehead atoms. The van der Waals surface area contributed by atoms with Crippen LogP contribution in [0.15, 0.2) is 84.9 Å². The van der Waals surface area contributed by atoms with Gasteiger partial charge >= 0.3 is 0 Å². The summed E-state index contributed by atoms with van der Waals surface area (Å²) in [5.74, 6) is 0. The molecule has 26 heavy (non-hydrogen) atoms. The fourth-order valence-electron chi connectivity index (χ4n) is 4.25. The van der Waals surface area contributed by atoms with E-state index in [1.807, 2.05) is 0 Å². The van der Waals surface area contributed by atoms with Crippen molar-refractivity contribution in [2.24, 2.45) is 0 Å². The first-order chi connectivity index (χ1) is 12.8. The van der Waals surface area contributed by atoms with Crippen LogP contribution in [0.4, 0.5) is 0 Å². The van der Waals surface area contributed by atoms with Crippen molar-refractivity contribution in [2.75, 3.05) is 26.3 Å². The Kier molecular flexibility index (Phi) is 4.87. The monoisotopic (exact) mass is 343 g/mol. The van der Waals surface area contributed by atoms with E-state index in [0.29, 0.717) is 0 Å². The minimum atomic E-state index is -0.308. The van der Waals surface area contributed by atoms with Crippen LogP contribution in [0.2, 0.25) is 0 Å². The lowest BCUT2D eigenvalue weighted by Crippen LogP contribution is -2.53. The van der Waals surface area contributed by atoms with E-state index in [2.05, 4.69) is 96.8 Å². The first-order valence-corrected chi connectivity index (χ1v) is 9.33. The highest BCUT2D eigenvalue weighted by atomic mass is 16.5. The molecule has 0 atom stereocenters. The summed E-state index contributed by atoms with van der Waals surface area (Å²) in [6.07, 6.45) is 0. The van der Waals surface area contributed by atoms with Gasteiger partial charge in [0.2, 0.25) is 0 Å². The van der Waals surface area contributed by atoms with E-state index in [0.717, 1.165) is 26.3 Å². The van der Waals surface area contributed by atoms with E-state index in [-0.39, 0.29) is 5.54 Å². The molecule has 1 fully saturated rings. The molecule has 0 N–H and O–H groups in total. The maximum Gasteiger partial charge on any atom is 0.0977 e. The van der Waals surface area contributed by atoms with Gasteiger partial charge in [-0.3, -0.25) is 4.90 Å². The highest BCUT2D eigenvalue weighted by Gasteiger charge is 2.43. The highest BCUT2D eigenvalue weighted by molar-refractivity contribution is 5.52. The van der Waals surface area contributed by atoms with Gasteiger partial charge in [0.25, 0.3) is 0 Å². The minimum Gasteiger partial charge on any atom is -0.379 e. The van der Waals surface area contributed by atoms with Crippen molar-refractivity contribution in [2.45, 2.75) is 12.5 Å². The van der Waals surface area contributed by atoms with E-state index in [1.165, 1.54) is 22.3 Å². The van der Waals surface area contributed by atoms with Gasteiger partial charge in [0.1, 0.15) is 0 Å². The molecular weight excluding hydrogens is 318 g/mol. The molecule has 2 heteroatoms. The molecular formula is C24H25NO. The van der Waals surface area contributed by atoms with E-state index < -0.39 is 0 Å². The Labute approximate surface area is 156 Å². The minimum absolute atomic E-state index is 0.308. The van der Waals surface area contributed by atoms with Crippen LogP contribution in [0, 0.1) is 6.92 Å². The van der Waals surface area contributed by atoms with Gasteiger partial charge in [0.15, 0.2) is 0 Å². The molecule has 2 nitrogen and oxygen atoms in total. The second kappa shape index (κ2) is 7.45. The zero-order valence-electron chi connectivity index (χ0n) is 15.3. The Hall–Kier alpha value is -2.42. The highest BCUT2D eigenvalue weighted by Crippen LogP contribution is 2.43. The summed E-state index contributed by atoms with van der Waals surface area (Å²) in [6, 6.07) is 30.6. The zero-order chi connectivity index (χ0) is 17.8. The lowest BCUT2D eigenvalue weighted by molar-refractivity contribution is 0.00210. The number of aryl methyl sites for hydroxylation is 1. The first kappa shape index (κ1) is 17.0. The Morgan fingerprint density at radius 2 is 1.19 bits per heavy atom. The second-order valence-corrected chi connectivity index (χ2v) is 6.86. The largest absolute Gasteiger partial charge is 0.379 e. The Morgan fingerprint density at radius 3 is 1.73 bits per heavy atom. The van der Waals surface area contributed by atoms with Gasteiger partial charge < -0.3 is 4.74 Å². The standard InChI is InChI=1S/C24H25NO/c1-20-10-8-9-15-23(20)24(21-11-4-2-5-12-21,22-13-6-3-7-14-22)25-16-18-26-19-17-25/h2-15H,16-19H2,1H3. The molecule has 1 saturated heterocycles. The van der Waals surface area contributed by atoms with E-state index >= 15 is 0 Å². The molecule has 0 radical (unpaired) electrons. The third-order valence-electron chi connectivity index (χ3n) is 5.40. The van der Waals surface area contributed by atoms with Gasteiger partial charge in [-0.2, -0.15) is 0 Å². The summed E-state index contributed by atoms with van der Waals surface area (Å²) in [4.78, 5) is 2.59. The number of ether oxygens (including phenoxy) is 1. The SMILES string of the molecule is Cc1ccccc1C(c1ccccc1)(c1ccccc1)N1CCOCC1. The number of nitrogens with zero attached hydrogens (tertiary/aromatic N) is 1. The summed E-state index contributed by atoms with van der Waals surface area (Å²) in [6.45, 7) is 5.59. The van der Waals surface area contributed by atoms with Crippen molar-refractivity contribution < 1.29 is 4.74 Å². The fraction of sp³-hybridized carbons (Fsp3) is 0.250. The predicted molar refractivity (Wildman–Crippen MR) is 106 cm³/mol. The molecule has 0 amide bonds. The Bertz CT molecular complexity index is 799. The Morgan fingerprint density at radius 1 is 0.692 bits per heavy atom. The molecule has 0 saturated carbocycles. The lowest BCUT2D eigenvalue weighted by Gasteiger charge is -2.47. The van der Waals surface area contributed by atoms with Crippen LogP contribution in [0.25, 0.3) is 0 Å². The zero-order valence-corrected chi connectivity index (χ0v) is 15.3. The third-order valence-corrected chi connectivity index (χ3v) is 5.40. The molecule has 132 valence electrons. The van der Waals surface area contributed by atoms with Crippen LogP contribution < -0.4 is 0 Å². The van der Waals surface area contributed by atoms with Crippen LogP contribution in [0.3, 0.4) is 0 Å². The molecule has 3 aromatic rings. The molecule has 1 heterocycles. The average molecular weight is 343 g/mol. The Balaban J connectivity index is 2.05. The molecule has 1 aliphatic rings. The second-order valence-electron chi connectivity index (χ2n) is 6.86. The number of hydrogen-bond acceptors (Lipinski definition) is 2. The summed E-state index contributed by atoms with van der Waals surface area (Å²) >= 11 is 0. The van der Waals surface area contributed by atoms with Gasteiger partial charge in [0, 0.05) is 13.1 Å². The van der Waals surface area contributed by atoms with Gasteiger partial charge in [-0.25, -0.2) is 0 Å². The van der Waals surface area contributed by atoms with Gasteiger partial charge in [0.05, 0.1) is 18.8 Å². The van der Waals surface area contributed by atoms with Gasteiger partial charge in [-0.15, -0.1) is 0 Å². The average Bonchev–Trinajstić information content (AvgIpc) is 2.72. The first-order valence-electron chi connectivity index (χ1n) is 9.33. The summed E-state index contributed by atoms with van der Waals surface area (Å²) in [5.41, 5.74) is 4.97. The molecule has 3 aromatic carbocycles. The van der Waals surface area contributed by atoms with Crippen molar-refractivity contribution in [1.82, 2.24) is 4.90 Å². The quantitative estimate of drug-likeness (QED) is 0.641. The van der Waals surface area contributed by atoms with Crippen molar-refractivity contribution in [3.05, 3.63) is 107 Å². The van der Waals surface area contributed by atoms with Crippen LogP contribution in [0.1, 0.15) is 22.3 Å². The maximum absolute atomic E-state index is 5.69. The van der Waals surface area contributed by atoms with Crippen LogP contribution in [-0.4, -0.2) is 31.2 Å². The van der Waals surface area contributed by atoms with Gasteiger partial charge in [-0.05, 0) is 29.2 Å². The molecule has 1 aliphatic heterocycles. The molecule has 0 aliphatic carbocycles. The van der Waals surface area contributed by atoms with Crippen LogP contribution in [-0.2, 0) is 10.3 Å². The van der Waals surface area contributed by atoms with E-state index in [1.54, 1.807) is 0 Å². The maximum atomic E-state index is 5.69. The van der Waals surface area contributed by atoms with Crippen molar-refractivity contribution in [1.29, 1.82) is 0 Å². The number of rotatable bonds is 4. The summed E-state index contributed by atoms with van der Waals surface area (Å²) in [5, 5.41) is 0.